The van der Waals surface area contributed by atoms with Gasteiger partial charge in [-0.25, -0.2) is 4.39 Å². The van der Waals surface area contributed by atoms with Crippen molar-refractivity contribution >= 4 is 11.6 Å². The largest absolute Gasteiger partial charge is 0.477 e. The summed E-state index contributed by atoms with van der Waals surface area (Å²) in [5.41, 5.74) is -0.371. The van der Waals surface area contributed by atoms with Crippen molar-refractivity contribution in [2.24, 2.45) is 5.92 Å². The van der Waals surface area contributed by atoms with Crippen LogP contribution >= 0.6 is 0 Å². The van der Waals surface area contributed by atoms with E-state index in [0.29, 0.717) is 5.92 Å². The number of carbonyl (C=O) groups is 1. The minimum absolute atomic E-state index is 0.00709. The summed E-state index contributed by atoms with van der Waals surface area (Å²) in [5, 5.41) is 13.6. The van der Waals surface area contributed by atoms with E-state index in [1.807, 2.05) is 6.92 Å². The molecule has 1 aromatic rings. The molecule has 1 atom stereocenters. The molecule has 6 nitrogen and oxygen atoms in total. The molecule has 0 fully saturated rings. The summed E-state index contributed by atoms with van der Waals surface area (Å²) >= 11 is 0. The molecule has 1 aromatic carbocycles. The van der Waals surface area contributed by atoms with Gasteiger partial charge in [0.15, 0.2) is 6.61 Å². The minimum Gasteiger partial charge on any atom is -0.477 e. The first-order valence-electron chi connectivity index (χ1n) is 7.65. The number of nitro benzene ring substituents is 1. The van der Waals surface area contributed by atoms with Crippen molar-refractivity contribution in [2.45, 2.75) is 46.1 Å². The Labute approximate surface area is 135 Å². The van der Waals surface area contributed by atoms with Crippen molar-refractivity contribution in [1.82, 2.24) is 5.32 Å². The van der Waals surface area contributed by atoms with Gasteiger partial charge in [0.05, 0.1) is 4.92 Å². The lowest BCUT2D eigenvalue weighted by Gasteiger charge is -2.15. The van der Waals surface area contributed by atoms with Crippen molar-refractivity contribution < 1.29 is 18.8 Å². The topological polar surface area (TPSA) is 81.5 Å². The van der Waals surface area contributed by atoms with Gasteiger partial charge in [-0.2, -0.15) is 0 Å². The van der Waals surface area contributed by atoms with Gasteiger partial charge in [0, 0.05) is 18.2 Å². The maximum Gasteiger partial charge on any atom is 0.311 e. The van der Waals surface area contributed by atoms with Crippen molar-refractivity contribution in [3.63, 3.8) is 0 Å². The van der Waals surface area contributed by atoms with Gasteiger partial charge in [-0.3, -0.25) is 14.9 Å². The summed E-state index contributed by atoms with van der Waals surface area (Å²) in [5.74, 6) is -0.680. The van der Waals surface area contributed by atoms with Crippen LogP contribution in [0.25, 0.3) is 0 Å². The summed E-state index contributed by atoms with van der Waals surface area (Å²) in [6.07, 6.45) is 2.95. The molecule has 0 bridgehead atoms. The van der Waals surface area contributed by atoms with E-state index in [1.165, 1.54) is 0 Å². The standard InChI is InChI=1S/C16H23FN2O4/c1-11(2)5-4-6-12(3)18-16(20)10-23-15-9-13(17)7-8-14(15)19(21)22/h7-9,11-12H,4-6,10H2,1-3H3,(H,18,20). The lowest BCUT2D eigenvalue weighted by atomic mass is 10.0. The molecule has 1 rings (SSSR count). The number of nitro groups is 1. The molecule has 0 saturated carbocycles. The van der Waals surface area contributed by atoms with Gasteiger partial charge in [0.25, 0.3) is 5.91 Å². The fraction of sp³-hybridized carbons (Fsp3) is 0.562. The number of hydrogen-bond donors (Lipinski definition) is 1. The first-order chi connectivity index (χ1) is 10.8. The number of nitrogens with one attached hydrogen (secondary N) is 1. The second kappa shape index (κ2) is 9.07. The number of amides is 1. The Bertz CT molecular complexity index is 549. The van der Waals surface area contributed by atoms with Gasteiger partial charge in [0.2, 0.25) is 5.75 Å². The summed E-state index contributed by atoms with van der Waals surface area (Å²) in [6, 6.07) is 2.88. The summed E-state index contributed by atoms with van der Waals surface area (Å²) in [7, 11) is 0. The third-order valence-corrected chi connectivity index (χ3v) is 3.30. The van der Waals surface area contributed by atoms with Gasteiger partial charge in [-0.1, -0.05) is 26.7 Å². The van der Waals surface area contributed by atoms with Gasteiger partial charge < -0.3 is 10.1 Å². The highest BCUT2D eigenvalue weighted by Gasteiger charge is 2.17. The Hall–Kier alpha value is -2.18. The molecule has 0 radical (unpaired) electrons. The number of carbonyl (C=O) groups excluding carboxylic acids is 1. The third kappa shape index (κ3) is 7.08. The van der Waals surface area contributed by atoms with Gasteiger partial charge in [-0.15, -0.1) is 0 Å². The smallest absolute Gasteiger partial charge is 0.311 e. The number of ether oxygens (including phenoxy) is 1. The molecule has 23 heavy (non-hydrogen) atoms. The fourth-order valence-electron chi connectivity index (χ4n) is 2.12. The van der Waals surface area contributed by atoms with Crippen LogP contribution in [-0.2, 0) is 4.79 Å². The average molecular weight is 326 g/mol. The quantitative estimate of drug-likeness (QED) is 0.557. The summed E-state index contributed by atoms with van der Waals surface area (Å²) in [4.78, 5) is 21.9. The van der Waals surface area contributed by atoms with Crippen LogP contribution in [0.1, 0.15) is 40.0 Å². The van der Waals surface area contributed by atoms with Crippen LogP contribution in [0.5, 0.6) is 5.75 Å². The Morgan fingerprint density at radius 2 is 2.04 bits per heavy atom. The average Bonchev–Trinajstić information content (AvgIpc) is 2.44. The monoisotopic (exact) mass is 326 g/mol. The van der Waals surface area contributed by atoms with Crippen LogP contribution in [-0.4, -0.2) is 23.5 Å². The molecule has 0 saturated heterocycles. The first-order valence-corrected chi connectivity index (χ1v) is 7.65. The molecule has 0 heterocycles. The Morgan fingerprint density at radius 3 is 2.65 bits per heavy atom. The summed E-state index contributed by atoms with van der Waals surface area (Å²) in [6.45, 7) is 5.79. The number of halogens is 1. The molecule has 7 heteroatoms. The van der Waals surface area contributed by atoms with Crippen molar-refractivity contribution in [2.75, 3.05) is 6.61 Å². The molecule has 0 aliphatic heterocycles. The molecular weight excluding hydrogens is 303 g/mol. The minimum atomic E-state index is -0.679. The van der Waals surface area contributed by atoms with E-state index in [4.69, 9.17) is 4.74 Å². The molecule has 128 valence electrons. The van der Waals surface area contributed by atoms with Crippen LogP contribution in [0.4, 0.5) is 10.1 Å². The predicted molar refractivity (Wildman–Crippen MR) is 84.8 cm³/mol. The zero-order chi connectivity index (χ0) is 17.4. The summed E-state index contributed by atoms with van der Waals surface area (Å²) < 4.78 is 18.2. The maximum absolute atomic E-state index is 13.1. The zero-order valence-corrected chi connectivity index (χ0v) is 13.7. The van der Waals surface area contributed by atoms with E-state index < -0.39 is 17.3 Å². The second-order valence-electron chi connectivity index (χ2n) is 5.95. The third-order valence-electron chi connectivity index (χ3n) is 3.30. The number of rotatable bonds is 9. The van der Waals surface area contributed by atoms with Crippen LogP contribution in [0.3, 0.4) is 0 Å². The van der Waals surface area contributed by atoms with E-state index in [9.17, 15) is 19.3 Å². The lowest BCUT2D eigenvalue weighted by molar-refractivity contribution is -0.385. The molecule has 1 amide bonds. The molecule has 1 N–H and O–H groups in total. The van der Waals surface area contributed by atoms with Gasteiger partial charge in [-0.05, 0) is 25.3 Å². The molecule has 0 spiro atoms. The van der Waals surface area contributed by atoms with E-state index >= 15 is 0 Å². The fourth-order valence-corrected chi connectivity index (χ4v) is 2.12. The van der Waals surface area contributed by atoms with Crippen LogP contribution < -0.4 is 10.1 Å². The van der Waals surface area contributed by atoms with Crippen molar-refractivity contribution in [1.29, 1.82) is 0 Å². The number of hydrogen-bond acceptors (Lipinski definition) is 4. The Kier molecular flexibility index (Phi) is 7.44. The Balaban J connectivity index is 2.47. The highest BCUT2D eigenvalue weighted by atomic mass is 19.1. The van der Waals surface area contributed by atoms with Gasteiger partial charge in [0.1, 0.15) is 5.82 Å². The lowest BCUT2D eigenvalue weighted by Crippen LogP contribution is -2.36. The first kappa shape index (κ1) is 18.9. The van der Waals surface area contributed by atoms with E-state index in [1.54, 1.807) is 0 Å². The molecular formula is C16H23FN2O4. The van der Waals surface area contributed by atoms with Crippen LogP contribution in [0, 0.1) is 21.8 Å². The second-order valence-corrected chi connectivity index (χ2v) is 5.95. The highest BCUT2D eigenvalue weighted by molar-refractivity contribution is 5.77. The van der Waals surface area contributed by atoms with Crippen molar-refractivity contribution in [3.8, 4) is 5.75 Å². The van der Waals surface area contributed by atoms with Gasteiger partial charge >= 0.3 is 5.69 Å². The maximum atomic E-state index is 13.1. The van der Waals surface area contributed by atoms with E-state index in [0.717, 1.165) is 37.5 Å². The van der Waals surface area contributed by atoms with E-state index in [-0.39, 0.29) is 23.4 Å². The van der Waals surface area contributed by atoms with E-state index in [2.05, 4.69) is 19.2 Å². The molecule has 0 aromatic heterocycles. The normalized spacial score (nSPS) is 12.0. The van der Waals surface area contributed by atoms with Crippen LogP contribution in [0.15, 0.2) is 18.2 Å². The number of nitrogens with zero attached hydrogens (tertiary/aromatic N) is 1. The molecule has 0 aliphatic carbocycles. The highest BCUT2D eigenvalue weighted by Crippen LogP contribution is 2.27. The number of benzene rings is 1. The molecule has 0 aliphatic rings. The van der Waals surface area contributed by atoms with Crippen LogP contribution in [0.2, 0.25) is 0 Å². The Morgan fingerprint density at radius 1 is 1.35 bits per heavy atom. The zero-order valence-electron chi connectivity index (χ0n) is 13.7. The van der Waals surface area contributed by atoms with Crippen molar-refractivity contribution in [3.05, 3.63) is 34.1 Å². The predicted octanol–water partition coefficient (Wildman–Crippen LogP) is 3.44. The SMILES string of the molecule is CC(C)CCCC(C)NC(=O)COc1cc(F)ccc1[N+](=O)[O-]. The molecule has 1 unspecified atom stereocenters.